The lowest BCUT2D eigenvalue weighted by atomic mass is 9.88. The number of hydrazine groups is 1. The number of carbonyl (C=O) groups is 9. The summed E-state index contributed by atoms with van der Waals surface area (Å²) in [6, 6.07) is 3.41. The minimum absolute atomic E-state index is 0.0352. The van der Waals surface area contributed by atoms with E-state index in [0.29, 0.717) is 50.3 Å². The van der Waals surface area contributed by atoms with Gasteiger partial charge in [0.15, 0.2) is 0 Å². The number of rotatable bonds is 32. The number of alkyl halides is 1. The Labute approximate surface area is 487 Å². The second kappa shape index (κ2) is 35.5. The highest BCUT2D eigenvalue weighted by Crippen LogP contribution is 2.43. The summed E-state index contributed by atoms with van der Waals surface area (Å²) < 4.78 is 39.6. The quantitative estimate of drug-likeness (QED) is 0.00951. The van der Waals surface area contributed by atoms with Crippen molar-refractivity contribution < 1.29 is 76.3 Å². The first kappa shape index (κ1) is 68.1. The molecule has 25 nitrogen and oxygen atoms in total. The molecule has 3 aliphatic heterocycles. The fourth-order valence-corrected chi connectivity index (χ4v) is 9.18. The number of allylic oxidation sites excluding steroid dienone is 2. The van der Waals surface area contributed by atoms with Gasteiger partial charge in [-0.25, -0.2) is 15.0 Å². The number of hydrogen-bond acceptors (Lipinski definition) is 16. The molecule has 9 amide bonds. The fourth-order valence-electron chi connectivity index (χ4n) is 8.98. The Morgan fingerprint density at radius 2 is 1.56 bits per heavy atom. The van der Waals surface area contributed by atoms with Crippen LogP contribution in [0.25, 0.3) is 0 Å². The number of primary amides is 1. The molecule has 10 unspecified atom stereocenters. The van der Waals surface area contributed by atoms with Crippen LogP contribution in [0.4, 0.5) is 15.3 Å². The van der Waals surface area contributed by atoms with Crippen molar-refractivity contribution in [3.63, 3.8) is 0 Å². The number of nitrogens with two attached hydrogens (primary N) is 1. The third-order valence-electron chi connectivity index (χ3n) is 13.5. The van der Waals surface area contributed by atoms with Gasteiger partial charge in [-0.15, -0.1) is 0 Å². The molecule has 1 aromatic carbocycles. The van der Waals surface area contributed by atoms with E-state index in [9.17, 15) is 43.2 Å². The van der Waals surface area contributed by atoms with Crippen LogP contribution < -0.4 is 48.5 Å². The molecule has 10 atom stereocenters. The Hall–Kier alpha value is -6.45. The van der Waals surface area contributed by atoms with Gasteiger partial charge in [0, 0.05) is 51.0 Å². The van der Waals surface area contributed by atoms with Gasteiger partial charge in [-0.05, 0) is 82.1 Å². The summed E-state index contributed by atoms with van der Waals surface area (Å²) >= 11 is 3.06. The molecular formula is C56H84BrN9O16. The predicted molar refractivity (Wildman–Crippen MR) is 304 cm³/mol. The van der Waals surface area contributed by atoms with Crippen LogP contribution in [0.3, 0.4) is 0 Å². The van der Waals surface area contributed by atoms with Crippen molar-refractivity contribution >= 4 is 75.2 Å². The van der Waals surface area contributed by atoms with E-state index in [0.717, 1.165) is 12.0 Å². The average Bonchev–Trinajstić information content (AvgIpc) is 3.33. The van der Waals surface area contributed by atoms with Crippen molar-refractivity contribution in [1.82, 2.24) is 37.4 Å². The molecule has 0 bridgehead atoms. The molecule has 3 heterocycles. The van der Waals surface area contributed by atoms with Crippen LogP contribution in [0.1, 0.15) is 105 Å². The first-order valence-corrected chi connectivity index (χ1v) is 28.8. The number of epoxide rings is 1. The maximum Gasteiger partial charge on any atom is 0.426 e. The Morgan fingerprint density at radius 1 is 0.841 bits per heavy atom. The highest BCUT2D eigenvalue weighted by Gasteiger charge is 2.51. The van der Waals surface area contributed by atoms with Crippen LogP contribution in [0.15, 0.2) is 60.2 Å². The molecule has 3 fully saturated rings. The first-order chi connectivity index (χ1) is 39.0. The van der Waals surface area contributed by atoms with Crippen LogP contribution in [0.2, 0.25) is 0 Å². The second-order valence-corrected chi connectivity index (χ2v) is 21.5. The Morgan fingerprint density at radius 3 is 2.23 bits per heavy atom. The highest BCUT2D eigenvalue weighted by atomic mass is 79.9. The van der Waals surface area contributed by atoms with Crippen molar-refractivity contribution in [3.8, 4) is 0 Å². The number of hydrogen-bond donors (Lipinski definition) is 9. The van der Waals surface area contributed by atoms with E-state index < -0.39 is 66.0 Å². The fraction of sp³-hybridized carbons (Fsp3) is 0.625. The van der Waals surface area contributed by atoms with Gasteiger partial charge in [0.1, 0.15) is 24.8 Å². The predicted octanol–water partition coefficient (Wildman–Crippen LogP) is 3.30. The smallest absolute Gasteiger partial charge is 0.426 e. The third kappa shape index (κ3) is 26.6. The summed E-state index contributed by atoms with van der Waals surface area (Å²) in [6.07, 6.45) is 9.37. The summed E-state index contributed by atoms with van der Waals surface area (Å²) in [7, 11) is 0. The molecule has 26 heteroatoms. The number of benzene rings is 1. The minimum atomic E-state index is -1.08. The number of amides is 9. The van der Waals surface area contributed by atoms with Gasteiger partial charge < -0.3 is 70.8 Å². The van der Waals surface area contributed by atoms with E-state index in [2.05, 4.69) is 71.7 Å². The monoisotopic (exact) mass is 1220 g/mol. The average molecular weight is 1220 g/mol. The third-order valence-corrected chi connectivity index (χ3v) is 14.0. The lowest BCUT2D eigenvalue weighted by Crippen LogP contribution is -2.54. The van der Waals surface area contributed by atoms with E-state index >= 15 is 0 Å². The van der Waals surface area contributed by atoms with Gasteiger partial charge in [0.25, 0.3) is 0 Å². The molecule has 0 saturated carbocycles. The van der Waals surface area contributed by atoms with Crippen LogP contribution in [0, 0.1) is 11.8 Å². The van der Waals surface area contributed by atoms with Crippen molar-refractivity contribution in [1.29, 1.82) is 0 Å². The SMILES string of the molecule is CC(=O)OC(C)C=CC(=O)NC1CC(C)C(CC=C(C)C=CC2CC3(CO3)CC(CC(=O)NNC(=O)OCc3ccc(NC(=O)C(CCCNC(N)=O)NC(=O)C(NC(=O)CCOCCOCCNC(=O)CBr)C(C)C)cc3)O2)OC1C. The summed E-state index contributed by atoms with van der Waals surface area (Å²) in [6.45, 7) is 14.3. The Bertz CT molecular complexity index is 2390. The molecule has 3 saturated heterocycles. The number of anilines is 1. The lowest BCUT2D eigenvalue weighted by molar-refractivity contribution is -0.143. The molecule has 0 aliphatic carbocycles. The molecule has 4 rings (SSSR count). The van der Waals surface area contributed by atoms with Crippen LogP contribution in [0.5, 0.6) is 0 Å². The zero-order valence-corrected chi connectivity index (χ0v) is 49.6. The number of urea groups is 1. The van der Waals surface area contributed by atoms with Crippen molar-refractivity contribution in [2.45, 2.75) is 161 Å². The molecule has 1 spiro atoms. The van der Waals surface area contributed by atoms with E-state index in [4.69, 9.17) is 38.9 Å². The zero-order valence-electron chi connectivity index (χ0n) is 48.0. The summed E-state index contributed by atoms with van der Waals surface area (Å²) in [5.41, 5.74) is 11.4. The normalized spacial score (nSPS) is 22.5. The Balaban J connectivity index is 1.18. The van der Waals surface area contributed by atoms with Gasteiger partial charge in [0.05, 0.1) is 80.8 Å². The maximum atomic E-state index is 13.6. The van der Waals surface area contributed by atoms with Gasteiger partial charge in [-0.3, -0.25) is 39.0 Å². The van der Waals surface area contributed by atoms with E-state index in [-0.39, 0.29) is 118 Å². The largest absolute Gasteiger partial charge is 0.459 e. The lowest BCUT2D eigenvalue weighted by Gasteiger charge is -2.39. The molecule has 10 N–H and O–H groups in total. The number of ether oxygens (including phenoxy) is 7. The van der Waals surface area contributed by atoms with Crippen LogP contribution in [-0.4, -0.2) is 159 Å². The van der Waals surface area contributed by atoms with E-state index in [1.54, 1.807) is 45.0 Å². The van der Waals surface area contributed by atoms with E-state index in [1.807, 2.05) is 26.0 Å². The first-order valence-electron chi connectivity index (χ1n) is 27.7. The highest BCUT2D eigenvalue weighted by molar-refractivity contribution is 9.09. The minimum Gasteiger partial charge on any atom is -0.459 e. The standard InChI is InChI=1S/C56H84BrN9O16/c1-34(2)51(64-48(69)20-23-76-25-26-77-24-22-59-50(71)31-57)53(73)63-44(9-8-21-60-54(58)74)52(72)61-41-15-13-40(14-16-41)32-78-55(75)66-65-49(70)28-43-30-56(33-79-56)29-42(82-43)17-10-35(3)11-18-46-36(4)27-45(38(6)81-46)62-47(68)19-12-37(5)80-39(7)67/h10-17,19,34,36-38,42-46,51H,8-9,18,20-33H2,1-7H3,(H,59,71)(H,61,72)(H,62,68)(H,63,73)(H,64,69)(H,65,70)(H,66,75)(H3,58,60,74). The molecule has 82 heavy (non-hydrogen) atoms. The molecule has 0 aromatic heterocycles. The number of carbonyl (C=O) groups excluding carboxylic acids is 9. The molecule has 3 aliphatic rings. The molecular weight excluding hydrogens is 1130 g/mol. The summed E-state index contributed by atoms with van der Waals surface area (Å²) in [5, 5.41) is 16.5. The summed E-state index contributed by atoms with van der Waals surface area (Å²) in [5.74, 6) is -3.12. The van der Waals surface area contributed by atoms with Crippen molar-refractivity contribution in [2.24, 2.45) is 17.6 Å². The Kier molecular flexibility index (Phi) is 29.5. The molecule has 1 aromatic rings. The van der Waals surface area contributed by atoms with E-state index in [1.165, 1.54) is 19.1 Å². The van der Waals surface area contributed by atoms with Gasteiger partial charge in [-0.1, -0.05) is 72.6 Å². The topological polar surface area (TPSA) is 344 Å². The van der Waals surface area contributed by atoms with Crippen LogP contribution >= 0.6 is 15.9 Å². The van der Waals surface area contributed by atoms with Crippen molar-refractivity contribution in [3.05, 3.63) is 65.8 Å². The van der Waals surface area contributed by atoms with Crippen LogP contribution in [-0.2, 0) is 73.3 Å². The molecule has 456 valence electrons. The van der Waals surface area contributed by atoms with Gasteiger partial charge in [-0.2, -0.15) is 0 Å². The molecule has 0 radical (unpaired) electrons. The summed E-state index contributed by atoms with van der Waals surface area (Å²) in [4.78, 5) is 112. The zero-order chi connectivity index (χ0) is 60.2. The van der Waals surface area contributed by atoms with Gasteiger partial charge in [0.2, 0.25) is 35.4 Å². The number of halogens is 1. The maximum absolute atomic E-state index is 13.6. The number of esters is 1. The number of nitrogens with one attached hydrogen (secondary N) is 8. The second-order valence-electron chi connectivity index (χ2n) is 21.0. The van der Waals surface area contributed by atoms with Crippen molar-refractivity contribution in [2.75, 3.05) is 56.8 Å². The van der Waals surface area contributed by atoms with Gasteiger partial charge >= 0.3 is 18.1 Å².